The smallest absolute Gasteiger partial charge is 0.243 e. The minimum absolute atomic E-state index is 0.0573. The molecule has 2 rings (SSSR count). The van der Waals surface area contributed by atoms with Crippen molar-refractivity contribution in [2.24, 2.45) is 0 Å². The summed E-state index contributed by atoms with van der Waals surface area (Å²) in [6.07, 6.45) is 3.27. The van der Waals surface area contributed by atoms with Crippen LogP contribution in [0.1, 0.15) is 18.7 Å². The Morgan fingerprint density at radius 3 is 2.94 bits per heavy atom. The van der Waals surface area contributed by atoms with Gasteiger partial charge in [0.1, 0.15) is 19.2 Å². The Balaban J connectivity index is 1.98. The number of imidazole rings is 1. The summed E-state index contributed by atoms with van der Waals surface area (Å²) in [7, 11) is 0. The Morgan fingerprint density at radius 1 is 1.61 bits per heavy atom. The minimum atomic E-state index is -0.289. The van der Waals surface area contributed by atoms with Gasteiger partial charge in [0.15, 0.2) is 0 Å². The summed E-state index contributed by atoms with van der Waals surface area (Å²) in [5, 5.41) is 2.83. The Bertz CT molecular complexity index is 536. The van der Waals surface area contributed by atoms with Crippen LogP contribution < -0.4 is 5.32 Å². The molecule has 0 bridgehead atoms. The first kappa shape index (κ1) is 13.8. The van der Waals surface area contributed by atoms with Crippen molar-refractivity contribution < 1.29 is 9.21 Å². The summed E-state index contributed by atoms with van der Waals surface area (Å²) < 4.78 is 8.88. The topological polar surface area (TPSA) is 60.1 Å². The molecular weight excluding hydrogens is 460 g/mol. The molecule has 0 saturated carbocycles. The van der Waals surface area contributed by atoms with Crippen LogP contribution in [-0.4, -0.2) is 15.5 Å². The molecule has 0 aromatic carbocycles. The molecule has 18 heavy (non-hydrogen) atoms. The van der Waals surface area contributed by atoms with E-state index in [-0.39, 0.29) is 11.9 Å². The van der Waals surface area contributed by atoms with Crippen LogP contribution >= 0.6 is 45.2 Å². The van der Waals surface area contributed by atoms with Crippen molar-refractivity contribution in [3.63, 3.8) is 0 Å². The number of aromatic nitrogens is 2. The zero-order valence-electron chi connectivity index (χ0n) is 9.56. The maximum atomic E-state index is 12.0. The van der Waals surface area contributed by atoms with Gasteiger partial charge in [-0.15, -0.1) is 0 Å². The fourth-order valence-electron chi connectivity index (χ4n) is 1.45. The highest BCUT2D eigenvalue weighted by atomic mass is 127. The van der Waals surface area contributed by atoms with Gasteiger partial charge in [0, 0.05) is 0 Å². The third-order valence-corrected chi connectivity index (χ3v) is 5.40. The molecule has 5 nitrogen and oxygen atoms in total. The normalized spacial score (nSPS) is 12.4. The van der Waals surface area contributed by atoms with Gasteiger partial charge in [-0.2, -0.15) is 0 Å². The van der Waals surface area contributed by atoms with E-state index in [1.54, 1.807) is 18.7 Å². The third-order valence-electron chi connectivity index (χ3n) is 2.51. The number of halogens is 2. The molecule has 2 aromatic heterocycles. The minimum Gasteiger partial charge on any atom is -0.467 e. The summed E-state index contributed by atoms with van der Waals surface area (Å²) >= 11 is 4.33. The van der Waals surface area contributed by atoms with E-state index in [9.17, 15) is 4.79 Å². The summed E-state index contributed by atoms with van der Waals surface area (Å²) in [4.78, 5) is 16.2. The second kappa shape index (κ2) is 6.04. The lowest BCUT2D eigenvalue weighted by Gasteiger charge is -2.14. The maximum absolute atomic E-state index is 12.0. The van der Waals surface area contributed by atoms with E-state index in [1.807, 2.05) is 17.6 Å². The monoisotopic (exact) mass is 471 g/mol. The predicted molar refractivity (Wildman–Crippen MR) is 82.9 cm³/mol. The lowest BCUT2D eigenvalue weighted by Crippen LogP contribution is -2.30. The average Bonchev–Trinajstić information content (AvgIpc) is 2.97. The highest BCUT2D eigenvalue weighted by molar-refractivity contribution is 14.1. The molecule has 1 atom stereocenters. The van der Waals surface area contributed by atoms with Gasteiger partial charge >= 0.3 is 0 Å². The lowest BCUT2D eigenvalue weighted by molar-refractivity contribution is -0.124. The molecule has 1 amide bonds. The zero-order valence-corrected chi connectivity index (χ0v) is 13.9. The summed E-state index contributed by atoms with van der Waals surface area (Å²) in [5.41, 5.74) is 0. The standard InChI is InChI=1S/C11H11I2N3O2/c1-7(16-6-15-9(12)10(16)13)11(17)14-5-8-3-2-4-18-8/h2-4,6-7H,5H2,1H3,(H,14,17). The van der Waals surface area contributed by atoms with Crippen LogP contribution in [0.2, 0.25) is 0 Å². The van der Waals surface area contributed by atoms with E-state index < -0.39 is 0 Å². The highest BCUT2D eigenvalue weighted by Crippen LogP contribution is 2.18. The number of rotatable bonds is 4. The molecule has 2 heterocycles. The molecule has 0 saturated heterocycles. The summed E-state index contributed by atoms with van der Waals surface area (Å²) in [6, 6.07) is 3.34. The van der Waals surface area contributed by atoms with Crippen molar-refractivity contribution in [3.8, 4) is 0 Å². The number of furan rings is 1. The van der Waals surface area contributed by atoms with Gasteiger partial charge in [-0.3, -0.25) is 4.79 Å². The number of carbonyl (C=O) groups excluding carboxylic acids is 1. The van der Waals surface area contributed by atoms with Crippen molar-refractivity contribution >= 4 is 51.1 Å². The molecule has 0 radical (unpaired) electrons. The van der Waals surface area contributed by atoms with Gasteiger partial charge in [-0.1, -0.05) is 0 Å². The maximum Gasteiger partial charge on any atom is 0.243 e. The largest absolute Gasteiger partial charge is 0.467 e. The van der Waals surface area contributed by atoms with E-state index in [0.29, 0.717) is 6.54 Å². The molecule has 7 heteroatoms. The average molecular weight is 471 g/mol. The Morgan fingerprint density at radius 2 is 2.39 bits per heavy atom. The van der Waals surface area contributed by atoms with E-state index in [2.05, 4.69) is 55.5 Å². The van der Waals surface area contributed by atoms with Gasteiger partial charge in [0.05, 0.1) is 19.1 Å². The predicted octanol–water partition coefficient (Wildman–Crippen LogP) is 2.56. The fraction of sp³-hybridized carbons (Fsp3) is 0.273. The second-order valence-electron chi connectivity index (χ2n) is 3.71. The molecule has 0 fully saturated rings. The van der Waals surface area contributed by atoms with Crippen molar-refractivity contribution in [2.75, 3.05) is 0 Å². The molecule has 2 aromatic rings. The van der Waals surface area contributed by atoms with Gasteiger partial charge < -0.3 is 14.3 Å². The van der Waals surface area contributed by atoms with Crippen LogP contribution in [0, 0.1) is 7.40 Å². The molecule has 0 spiro atoms. The Labute approximate surface area is 132 Å². The summed E-state index contributed by atoms with van der Waals surface area (Å²) in [5.74, 6) is 0.684. The first-order valence-electron chi connectivity index (χ1n) is 5.27. The second-order valence-corrected chi connectivity index (χ2v) is 5.75. The van der Waals surface area contributed by atoms with Crippen LogP contribution in [-0.2, 0) is 11.3 Å². The van der Waals surface area contributed by atoms with Gasteiger partial charge in [-0.05, 0) is 64.2 Å². The van der Waals surface area contributed by atoms with Crippen LogP contribution in [0.25, 0.3) is 0 Å². The van der Waals surface area contributed by atoms with Crippen LogP contribution in [0.3, 0.4) is 0 Å². The number of carbonyl (C=O) groups is 1. The molecule has 1 N–H and O–H groups in total. The first-order valence-corrected chi connectivity index (χ1v) is 7.43. The molecule has 96 valence electrons. The van der Waals surface area contributed by atoms with Crippen LogP contribution in [0.4, 0.5) is 0 Å². The van der Waals surface area contributed by atoms with Gasteiger partial charge in [-0.25, -0.2) is 4.98 Å². The third kappa shape index (κ3) is 3.05. The Kier molecular flexibility index (Phi) is 4.65. The van der Waals surface area contributed by atoms with Crippen molar-refractivity contribution in [3.05, 3.63) is 37.9 Å². The van der Waals surface area contributed by atoms with Crippen molar-refractivity contribution in [1.29, 1.82) is 0 Å². The van der Waals surface area contributed by atoms with Crippen molar-refractivity contribution in [1.82, 2.24) is 14.9 Å². The van der Waals surface area contributed by atoms with E-state index in [4.69, 9.17) is 4.42 Å². The molecule has 0 aliphatic heterocycles. The SMILES string of the molecule is CC(C(=O)NCc1ccco1)n1cnc(I)c1I. The van der Waals surface area contributed by atoms with Crippen LogP contribution in [0.5, 0.6) is 0 Å². The van der Waals surface area contributed by atoms with E-state index in [1.165, 1.54) is 0 Å². The highest BCUT2D eigenvalue weighted by Gasteiger charge is 2.18. The van der Waals surface area contributed by atoms with Gasteiger partial charge in [0.25, 0.3) is 0 Å². The number of hydrogen-bond acceptors (Lipinski definition) is 3. The zero-order chi connectivity index (χ0) is 13.1. The van der Waals surface area contributed by atoms with Crippen molar-refractivity contribution in [2.45, 2.75) is 19.5 Å². The summed E-state index contributed by atoms with van der Waals surface area (Å²) in [6.45, 7) is 2.25. The van der Waals surface area contributed by atoms with Gasteiger partial charge in [0.2, 0.25) is 5.91 Å². The van der Waals surface area contributed by atoms with Crippen LogP contribution in [0.15, 0.2) is 29.1 Å². The molecule has 0 aliphatic rings. The number of hydrogen-bond donors (Lipinski definition) is 1. The fourth-order valence-corrected chi connectivity index (χ4v) is 2.54. The number of amides is 1. The Hall–Kier alpha value is -0.580. The first-order chi connectivity index (χ1) is 8.59. The quantitative estimate of drug-likeness (QED) is 0.699. The van der Waals surface area contributed by atoms with E-state index >= 15 is 0 Å². The molecule has 1 unspecified atom stereocenters. The number of nitrogens with zero attached hydrogens (tertiary/aromatic N) is 2. The van der Waals surface area contributed by atoms with E-state index in [0.717, 1.165) is 13.2 Å². The molecular formula is C11H11I2N3O2. The lowest BCUT2D eigenvalue weighted by atomic mass is 10.3. The molecule has 0 aliphatic carbocycles. The number of nitrogens with one attached hydrogen (secondary N) is 1.